The molecule has 0 atom stereocenters. The molecule has 0 fully saturated rings. The van der Waals surface area contributed by atoms with Gasteiger partial charge in [0.2, 0.25) is 16.7 Å². The number of esters is 1. The zero-order valence-electron chi connectivity index (χ0n) is 22.7. The molecule has 0 spiro atoms. The Bertz CT molecular complexity index is 1900. The number of carbonyl (C=O) groups is 2. The van der Waals surface area contributed by atoms with Gasteiger partial charge in [-0.25, -0.2) is 27.7 Å². The Hall–Kier alpha value is -4.89. The summed E-state index contributed by atoms with van der Waals surface area (Å²) >= 11 is 1.29. The van der Waals surface area contributed by atoms with Crippen molar-refractivity contribution in [3.63, 3.8) is 0 Å². The monoisotopic (exact) mass is 607 g/mol. The molecule has 0 unspecified atom stereocenters. The Kier molecular flexibility index (Phi) is 8.13. The largest absolute Gasteiger partial charge is 0.480 e. The summed E-state index contributed by atoms with van der Waals surface area (Å²) in [5, 5.41) is 8.06. The predicted molar refractivity (Wildman–Crippen MR) is 155 cm³/mol. The number of methoxy groups -OCH3 is 2. The molecular weight excluding hydrogens is 582 g/mol. The summed E-state index contributed by atoms with van der Waals surface area (Å²) in [7, 11) is -1.54. The number of hydrogen-bond acceptors (Lipinski definition) is 11. The second kappa shape index (κ2) is 11.9. The molecule has 0 aliphatic carbocycles. The van der Waals surface area contributed by atoms with Gasteiger partial charge >= 0.3 is 5.97 Å². The topological polar surface area (TPSA) is 167 Å². The van der Waals surface area contributed by atoms with E-state index in [1.54, 1.807) is 36.1 Å². The summed E-state index contributed by atoms with van der Waals surface area (Å²) in [6.07, 6.45) is 6.96. The number of anilines is 1. The number of sulfonamides is 1. The van der Waals surface area contributed by atoms with E-state index in [0.29, 0.717) is 34.2 Å². The molecule has 1 amide bonds. The van der Waals surface area contributed by atoms with Crippen molar-refractivity contribution in [3.05, 3.63) is 72.3 Å². The van der Waals surface area contributed by atoms with Gasteiger partial charge in [0.25, 0.3) is 10.0 Å². The number of ether oxygens (including phenoxy) is 2. The highest BCUT2D eigenvalue weighted by molar-refractivity contribution is 7.92. The maximum atomic E-state index is 13.2. The molecule has 1 aromatic carbocycles. The number of pyridine rings is 2. The molecule has 0 aliphatic heterocycles. The minimum absolute atomic E-state index is 0.0477. The van der Waals surface area contributed by atoms with Crippen LogP contribution in [0.2, 0.25) is 0 Å². The molecule has 4 aromatic heterocycles. The zero-order valence-corrected chi connectivity index (χ0v) is 24.3. The predicted octanol–water partition coefficient (Wildman–Crippen LogP) is 3.54. The van der Waals surface area contributed by atoms with Crippen LogP contribution in [-0.4, -0.2) is 59.1 Å². The van der Waals surface area contributed by atoms with Crippen molar-refractivity contribution in [3.8, 4) is 27.7 Å². The average Bonchev–Trinajstić information content (AvgIpc) is 3.61. The smallest absolute Gasteiger partial charge is 0.337 e. The fourth-order valence-electron chi connectivity index (χ4n) is 3.97. The molecule has 4 heterocycles. The van der Waals surface area contributed by atoms with Crippen LogP contribution in [0, 0.1) is 0 Å². The summed E-state index contributed by atoms with van der Waals surface area (Å²) in [5.74, 6) is -0.667. The van der Waals surface area contributed by atoms with Gasteiger partial charge in [0.15, 0.2) is 0 Å². The number of carbonyl (C=O) groups excluding carboxylic acids is 2. The van der Waals surface area contributed by atoms with E-state index in [9.17, 15) is 18.0 Å². The van der Waals surface area contributed by atoms with Crippen LogP contribution in [0.25, 0.3) is 26.8 Å². The van der Waals surface area contributed by atoms with E-state index in [0.717, 1.165) is 11.1 Å². The third-order valence-electron chi connectivity index (χ3n) is 6.09. The van der Waals surface area contributed by atoms with Crippen LogP contribution in [0.1, 0.15) is 29.3 Å². The number of amides is 1. The number of nitrogens with one attached hydrogen (secondary N) is 2. The van der Waals surface area contributed by atoms with Crippen LogP contribution in [0.3, 0.4) is 0 Å². The fourth-order valence-corrected chi connectivity index (χ4v) is 5.92. The van der Waals surface area contributed by atoms with E-state index >= 15 is 0 Å². The third-order valence-corrected chi connectivity index (χ3v) is 8.42. The lowest BCUT2D eigenvalue weighted by Gasteiger charge is -2.12. The minimum atomic E-state index is -4.13. The van der Waals surface area contributed by atoms with Gasteiger partial charge in [0, 0.05) is 42.7 Å². The minimum Gasteiger partial charge on any atom is -0.480 e. The van der Waals surface area contributed by atoms with Crippen LogP contribution in [0.15, 0.2) is 66.1 Å². The molecule has 15 heteroatoms. The van der Waals surface area contributed by atoms with Crippen LogP contribution in [0.5, 0.6) is 5.88 Å². The van der Waals surface area contributed by atoms with E-state index < -0.39 is 16.0 Å². The third kappa shape index (κ3) is 5.91. The van der Waals surface area contributed by atoms with Crippen molar-refractivity contribution < 1.29 is 27.5 Å². The summed E-state index contributed by atoms with van der Waals surface area (Å²) in [5.41, 5.74) is 2.97. The molecule has 0 aliphatic rings. The van der Waals surface area contributed by atoms with Crippen molar-refractivity contribution in [1.82, 2.24) is 29.9 Å². The number of benzene rings is 1. The van der Waals surface area contributed by atoms with E-state index in [4.69, 9.17) is 14.6 Å². The Balaban J connectivity index is 1.45. The molecular formula is C27H25N7O6S2. The quantitative estimate of drug-likeness (QED) is 0.224. The lowest BCUT2D eigenvalue weighted by molar-refractivity contribution is -0.120. The first-order chi connectivity index (χ1) is 20.2. The molecule has 13 nitrogen and oxygen atoms in total. The maximum absolute atomic E-state index is 13.2. The molecule has 0 radical (unpaired) electrons. The second-order valence-corrected chi connectivity index (χ2v) is 11.5. The summed E-state index contributed by atoms with van der Waals surface area (Å²) in [6.45, 7) is 2.13. The molecule has 0 saturated heterocycles. The van der Waals surface area contributed by atoms with Crippen molar-refractivity contribution in [2.75, 3.05) is 18.9 Å². The highest BCUT2D eigenvalue weighted by Gasteiger charge is 2.21. The Morgan fingerprint density at radius 1 is 1.02 bits per heavy atom. The van der Waals surface area contributed by atoms with E-state index in [1.807, 2.05) is 6.07 Å². The SMILES string of the molecule is CCC(=O)NCc1cncc(-c2cnc3sc(-c4cnc(OC)c(NS(=O)(=O)c5cccc(C(=O)OC)c5)c4)nn23)c1. The van der Waals surface area contributed by atoms with Gasteiger partial charge in [0.1, 0.15) is 10.7 Å². The van der Waals surface area contributed by atoms with Crippen LogP contribution in [-0.2, 0) is 26.1 Å². The van der Waals surface area contributed by atoms with Crippen molar-refractivity contribution in [2.24, 2.45) is 0 Å². The van der Waals surface area contributed by atoms with Crippen LogP contribution in [0.4, 0.5) is 5.69 Å². The normalized spacial score (nSPS) is 11.3. The summed E-state index contributed by atoms with van der Waals surface area (Å²) < 4.78 is 40.6. The standard InChI is InChI=1S/C27H25N7O6S2/c1-4-23(35)29-12-16-8-18(13-28-11-16)22-15-31-27-34(22)32-25(41-27)19-10-21(24(39-2)30-14-19)33-42(37,38)20-7-5-6-17(9-20)26(36)40-3/h5-11,13-15,33H,4,12H2,1-3H3,(H,29,35). The van der Waals surface area contributed by atoms with Gasteiger partial charge in [-0.3, -0.25) is 14.5 Å². The van der Waals surface area contributed by atoms with Gasteiger partial charge in [-0.2, -0.15) is 5.10 Å². The number of imidazole rings is 1. The second-order valence-electron chi connectivity index (χ2n) is 8.86. The van der Waals surface area contributed by atoms with Crippen molar-refractivity contribution >= 4 is 43.9 Å². The fraction of sp³-hybridized carbons (Fsp3) is 0.185. The van der Waals surface area contributed by atoms with Gasteiger partial charge in [-0.05, 0) is 35.9 Å². The molecule has 5 rings (SSSR count). The van der Waals surface area contributed by atoms with Gasteiger partial charge < -0.3 is 14.8 Å². The molecule has 2 N–H and O–H groups in total. The lowest BCUT2D eigenvalue weighted by Crippen LogP contribution is -2.21. The Morgan fingerprint density at radius 3 is 2.62 bits per heavy atom. The molecule has 216 valence electrons. The molecule has 42 heavy (non-hydrogen) atoms. The lowest BCUT2D eigenvalue weighted by atomic mass is 10.1. The van der Waals surface area contributed by atoms with Crippen molar-refractivity contribution in [2.45, 2.75) is 24.8 Å². The summed E-state index contributed by atoms with van der Waals surface area (Å²) in [4.78, 5) is 37.0. The first-order valence-corrected chi connectivity index (χ1v) is 14.8. The van der Waals surface area contributed by atoms with Crippen LogP contribution >= 0.6 is 11.3 Å². The highest BCUT2D eigenvalue weighted by Crippen LogP contribution is 2.33. The van der Waals surface area contributed by atoms with Crippen LogP contribution < -0.4 is 14.8 Å². The van der Waals surface area contributed by atoms with Crippen molar-refractivity contribution in [1.29, 1.82) is 0 Å². The zero-order chi connectivity index (χ0) is 29.9. The number of aromatic nitrogens is 5. The molecule has 0 saturated carbocycles. The van der Waals surface area contributed by atoms with Gasteiger partial charge in [-0.1, -0.05) is 24.3 Å². The van der Waals surface area contributed by atoms with E-state index in [2.05, 4.69) is 25.0 Å². The Morgan fingerprint density at radius 2 is 1.86 bits per heavy atom. The highest BCUT2D eigenvalue weighted by atomic mass is 32.2. The van der Waals surface area contributed by atoms with E-state index in [1.165, 1.54) is 56.0 Å². The number of hydrogen-bond donors (Lipinski definition) is 2. The van der Waals surface area contributed by atoms with Gasteiger partial charge in [0.05, 0.1) is 36.6 Å². The molecule has 5 aromatic rings. The summed E-state index contributed by atoms with van der Waals surface area (Å²) in [6, 6.07) is 8.94. The average molecular weight is 608 g/mol. The first kappa shape index (κ1) is 28.6. The number of nitrogens with zero attached hydrogens (tertiary/aromatic N) is 5. The maximum Gasteiger partial charge on any atom is 0.337 e. The molecule has 0 bridgehead atoms. The Labute approximate surface area is 244 Å². The van der Waals surface area contributed by atoms with E-state index in [-0.39, 0.29) is 27.9 Å². The van der Waals surface area contributed by atoms with Gasteiger partial charge in [-0.15, -0.1) is 0 Å². The first-order valence-electron chi connectivity index (χ1n) is 12.5. The number of rotatable bonds is 10. The number of fused-ring (bicyclic) bond motifs is 1.